The third-order valence-electron chi connectivity index (χ3n) is 3.00. The van der Waals surface area contributed by atoms with Crippen LogP contribution in [0, 0.1) is 13.8 Å². The molecule has 0 aliphatic rings. The van der Waals surface area contributed by atoms with E-state index in [2.05, 4.69) is 24.8 Å². The molecule has 1 rings (SSSR count). The van der Waals surface area contributed by atoms with E-state index in [9.17, 15) is 5.11 Å². The molecular weight excluding hydrogens is 226 g/mol. The van der Waals surface area contributed by atoms with Crippen LogP contribution in [0.2, 0.25) is 0 Å². The molecule has 0 aliphatic carbocycles. The second kappa shape index (κ2) is 7.39. The van der Waals surface area contributed by atoms with Crippen LogP contribution >= 0.6 is 0 Å². The number of benzene rings is 1. The number of nitrogens with zero attached hydrogens (tertiary/aromatic N) is 1. The minimum Gasteiger partial charge on any atom is -0.491 e. The standard InChI is InChI=1S/C15H25NO2/c1-5-16(6-2)10-14(17)11-18-15-8-12(3)7-13(4)9-15/h7-9,14,17H,5-6,10-11H2,1-4H3. The highest BCUT2D eigenvalue weighted by Gasteiger charge is 2.09. The van der Waals surface area contributed by atoms with Crippen LogP contribution in [0.25, 0.3) is 0 Å². The molecule has 0 aliphatic heterocycles. The molecule has 18 heavy (non-hydrogen) atoms. The summed E-state index contributed by atoms with van der Waals surface area (Å²) < 4.78 is 5.64. The van der Waals surface area contributed by atoms with Crippen molar-refractivity contribution in [3.63, 3.8) is 0 Å². The molecule has 1 unspecified atom stereocenters. The summed E-state index contributed by atoms with van der Waals surface area (Å²) in [4.78, 5) is 2.19. The Morgan fingerprint density at radius 2 is 1.67 bits per heavy atom. The monoisotopic (exact) mass is 251 g/mol. The topological polar surface area (TPSA) is 32.7 Å². The van der Waals surface area contributed by atoms with Crippen molar-refractivity contribution in [1.82, 2.24) is 4.90 Å². The van der Waals surface area contributed by atoms with Crippen molar-refractivity contribution in [3.05, 3.63) is 29.3 Å². The molecular formula is C15H25NO2. The smallest absolute Gasteiger partial charge is 0.119 e. The first-order chi connectivity index (χ1) is 8.55. The fraction of sp³-hybridized carbons (Fsp3) is 0.600. The number of rotatable bonds is 7. The fourth-order valence-electron chi connectivity index (χ4n) is 2.04. The van der Waals surface area contributed by atoms with Crippen LogP contribution in [-0.4, -0.2) is 42.4 Å². The van der Waals surface area contributed by atoms with Crippen LogP contribution in [0.5, 0.6) is 5.75 Å². The molecule has 3 nitrogen and oxygen atoms in total. The molecule has 3 heteroatoms. The number of aliphatic hydroxyl groups excluding tert-OH is 1. The zero-order chi connectivity index (χ0) is 13.5. The Bertz CT molecular complexity index is 341. The molecule has 0 fully saturated rings. The molecule has 1 atom stereocenters. The van der Waals surface area contributed by atoms with Gasteiger partial charge in [0.25, 0.3) is 0 Å². The Morgan fingerprint density at radius 1 is 1.11 bits per heavy atom. The second-order valence-corrected chi connectivity index (χ2v) is 4.77. The number of hydrogen-bond donors (Lipinski definition) is 1. The summed E-state index contributed by atoms with van der Waals surface area (Å²) in [6.07, 6.45) is -0.439. The highest BCUT2D eigenvalue weighted by atomic mass is 16.5. The van der Waals surface area contributed by atoms with E-state index in [1.54, 1.807) is 0 Å². The minimum absolute atomic E-state index is 0.347. The van der Waals surface area contributed by atoms with Gasteiger partial charge in [-0.15, -0.1) is 0 Å². The molecule has 0 radical (unpaired) electrons. The summed E-state index contributed by atoms with van der Waals surface area (Å²) in [5.41, 5.74) is 2.37. The quantitative estimate of drug-likeness (QED) is 0.807. The van der Waals surface area contributed by atoms with E-state index in [0.717, 1.165) is 18.8 Å². The summed E-state index contributed by atoms with van der Waals surface area (Å²) in [7, 11) is 0. The van der Waals surface area contributed by atoms with Crippen LogP contribution in [0.1, 0.15) is 25.0 Å². The highest BCUT2D eigenvalue weighted by molar-refractivity contribution is 5.32. The average molecular weight is 251 g/mol. The molecule has 1 aromatic rings. The molecule has 0 spiro atoms. The zero-order valence-electron chi connectivity index (χ0n) is 11.9. The van der Waals surface area contributed by atoms with Crippen molar-refractivity contribution in [1.29, 1.82) is 0 Å². The van der Waals surface area contributed by atoms with Gasteiger partial charge >= 0.3 is 0 Å². The van der Waals surface area contributed by atoms with Gasteiger partial charge in [-0.1, -0.05) is 19.9 Å². The van der Waals surface area contributed by atoms with Crippen LogP contribution in [-0.2, 0) is 0 Å². The van der Waals surface area contributed by atoms with Crippen molar-refractivity contribution in [3.8, 4) is 5.75 Å². The lowest BCUT2D eigenvalue weighted by Gasteiger charge is -2.22. The lowest BCUT2D eigenvalue weighted by Crippen LogP contribution is -2.35. The molecule has 0 bridgehead atoms. The summed E-state index contributed by atoms with van der Waals surface area (Å²) in [5.74, 6) is 0.839. The van der Waals surface area contributed by atoms with E-state index in [0.29, 0.717) is 13.2 Å². The molecule has 1 N–H and O–H groups in total. The van der Waals surface area contributed by atoms with E-state index < -0.39 is 6.10 Å². The predicted molar refractivity (Wildman–Crippen MR) is 75.2 cm³/mol. The molecule has 102 valence electrons. The number of hydrogen-bond acceptors (Lipinski definition) is 3. The van der Waals surface area contributed by atoms with Crippen molar-refractivity contribution in [2.75, 3.05) is 26.2 Å². The second-order valence-electron chi connectivity index (χ2n) is 4.77. The van der Waals surface area contributed by atoms with E-state index in [1.165, 1.54) is 11.1 Å². The van der Waals surface area contributed by atoms with Crippen molar-refractivity contribution >= 4 is 0 Å². The summed E-state index contributed by atoms with van der Waals surface area (Å²) in [5, 5.41) is 9.92. The minimum atomic E-state index is -0.439. The average Bonchev–Trinajstić information content (AvgIpc) is 2.32. The van der Waals surface area contributed by atoms with Crippen LogP contribution < -0.4 is 4.74 Å². The van der Waals surface area contributed by atoms with Gasteiger partial charge in [0, 0.05) is 6.54 Å². The van der Waals surface area contributed by atoms with Gasteiger partial charge in [-0.2, -0.15) is 0 Å². The Morgan fingerprint density at radius 3 is 2.17 bits per heavy atom. The normalized spacial score (nSPS) is 12.8. The third kappa shape index (κ3) is 5.07. The lowest BCUT2D eigenvalue weighted by molar-refractivity contribution is 0.0716. The fourth-order valence-corrected chi connectivity index (χ4v) is 2.04. The van der Waals surface area contributed by atoms with E-state index in [1.807, 2.05) is 26.0 Å². The van der Waals surface area contributed by atoms with Crippen molar-refractivity contribution < 1.29 is 9.84 Å². The molecule has 0 amide bonds. The van der Waals surface area contributed by atoms with Gasteiger partial charge in [-0.05, 0) is 50.2 Å². The van der Waals surface area contributed by atoms with Gasteiger partial charge in [-0.3, -0.25) is 0 Å². The first-order valence-electron chi connectivity index (χ1n) is 6.66. The Hall–Kier alpha value is -1.06. The maximum Gasteiger partial charge on any atom is 0.119 e. The number of ether oxygens (including phenoxy) is 1. The molecule has 0 heterocycles. The first-order valence-corrected chi connectivity index (χ1v) is 6.66. The predicted octanol–water partition coefficient (Wildman–Crippen LogP) is 2.38. The summed E-state index contributed by atoms with van der Waals surface area (Å²) in [6.45, 7) is 11.2. The molecule has 0 aromatic heterocycles. The Kier molecular flexibility index (Phi) is 6.16. The van der Waals surface area contributed by atoms with E-state index >= 15 is 0 Å². The molecule has 0 saturated heterocycles. The van der Waals surface area contributed by atoms with Gasteiger partial charge in [0.2, 0.25) is 0 Å². The van der Waals surface area contributed by atoms with Crippen LogP contribution in [0.4, 0.5) is 0 Å². The van der Waals surface area contributed by atoms with Crippen molar-refractivity contribution in [2.24, 2.45) is 0 Å². The Balaban J connectivity index is 2.44. The van der Waals surface area contributed by atoms with Gasteiger partial charge in [-0.25, -0.2) is 0 Å². The van der Waals surface area contributed by atoms with E-state index in [4.69, 9.17) is 4.74 Å². The maximum absolute atomic E-state index is 9.92. The number of aryl methyl sites for hydroxylation is 2. The SMILES string of the molecule is CCN(CC)CC(O)COc1cc(C)cc(C)c1. The number of aliphatic hydroxyl groups is 1. The van der Waals surface area contributed by atoms with Crippen molar-refractivity contribution in [2.45, 2.75) is 33.8 Å². The van der Waals surface area contributed by atoms with Crippen LogP contribution in [0.15, 0.2) is 18.2 Å². The van der Waals surface area contributed by atoms with Gasteiger partial charge in [0.05, 0.1) is 0 Å². The summed E-state index contributed by atoms with van der Waals surface area (Å²) in [6, 6.07) is 6.10. The first kappa shape index (κ1) is 15.0. The molecule has 0 saturated carbocycles. The number of likely N-dealkylation sites (N-methyl/N-ethyl adjacent to an activating group) is 1. The van der Waals surface area contributed by atoms with Gasteiger partial charge in [0.1, 0.15) is 18.5 Å². The largest absolute Gasteiger partial charge is 0.491 e. The lowest BCUT2D eigenvalue weighted by atomic mass is 10.1. The molecule has 1 aromatic carbocycles. The van der Waals surface area contributed by atoms with Crippen LogP contribution in [0.3, 0.4) is 0 Å². The van der Waals surface area contributed by atoms with Gasteiger partial charge in [0.15, 0.2) is 0 Å². The van der Waals surface area contributed by atoms with E-state index in [-0.39, 0.29) is 0 Å². The van der Waals surface area contributed by atoms with Gasteiger partial charge < -0.3 is 14.7 Å². The summed E-state index contributed by atoms with van der Waals surface area (Å²) >= 11 is 0. The highest BCUT2D eigenvalue weighted by Crippen LogP contribution is 2.16. The zero-order valence-corrected chi connectivity index (χ0v) is 11.9. The Labute approximate surface area is 110 Å². The maximum atomic E-state index is 9.92. The third-order valence-corrected chi connectivity index (χ3v) is 3.00.